The second-order valence-corrected chi connectivity index (χ2v) is 6.05. The van der Waals surface area contributed by atoms with Gasteiger partial charge in [0.05, 0.1) is 12.2 Å². The van der Waals surface area contributed by atoms with Gasteiger partial charge < -0.3 is 4.74 Å². The third-order valence-electron chi connectivity index (χ3n) is 3.70. The van der Waals surface area contributed by atoms with Gasteiger partial charge in [-0.05, 0) is 42.7 Å². The lowest BCUT2D eigenvalue weighted by Crippen LogP contribution is -2.08. The SMILES string of the molecule is Cc1cccc(C)c1C(=O)c1cc(Br)cc2c1OCC2. The number of ether oxygens (including phenoxy) is 1. The molecule has 1 heterocycles. The standard InChI is InChI=1S/C17H15BrO2/c1-10-4-3-5-11(2)15(10)16(19)14-9-13(18)8-12-6-7-20-17(12)14/h3-5,8-9H,6-7H2,1-2H3. The van der Waals surface area contributed by atoms with E-state index >= 15 is 0 Å². The average Bonchev–Trinajstić information content (AvgIpc) is 2.85. The van der Waals surface area contributed by atoms with Crippen LogP contribution in [0.5, 0.6) is 5.75 Å². The highest BCUT2D eigenvalue weighted by Gasteiger charge is 2.24. The maximum absolute atomic E-state index is 12.9. The Morgan fingerprint density at radius 3 is 2.60 bits per heavy atom. The molecular weight excluding hydrogens is 316 g/mol. The Kier molecular flexibility index (Phi) is 3.38. The normalized spacial score (nSPS) is 12.9. The van der Waals surface area contributed by atoms with Crippen molar-refractivity contribution in [1.82, 2.24) is 0 Å². The van der Waals surface area contributed by atoms with Crippen LogP contribution in [0.1, 0.15) is 32.6 Å². The molecule has 0 amide bonds. The number of ketones is 1. The number of aryl methyl sites for hydroxylation is 2. The summed E-state index contributed by atoms with van der Waals surface area (Å²) < 4.78 is 6.59. The summed E-state index contributed by atoms with van der Waals surface area (Å²) in [7, 11) is 0. The Bertz CT molecular complexity index is 684. The van der Waals surface area contributed by atoms with Crippen molar-refractivity contribution in [2.45, 2.75) is 20.3 Å². The van der Waals surface area contributed by atoms with E-state index in [1.807, 2.05) is 44.2 Å². The molecule has 102 valence electrons. The number of carbonyl (C=O) groups is 1. The predicted molar refractivity (Wildman–Crippen MR) is 82.7 cm³/mol. The van der Waals surface area contributed by atoms with Gasteiger partial charge in [-0.1, -0.05) is 34.1 Å². The van der Waals surface area contributed by atoms with Gasteiger partial charge in [-0.3, -0.25) is 4.79 Å². The van der Waals surface area contributed by atoms with Gasteiger partial charge in [0.25, 0.3) is 0 Å². The largest absolute Gasteiger partial charge is 0.492 e. The molecule has 0 fully saturated rings. The van der Waals surface area contributed by atoms with E-state index in [0.717, 1.165) is 38.9 Å². The molecule has 2 aromatic carbocycles. The summed E-state index contributed by atoms with van der Waals surface area (Å²) in [4.78, 5) is 12.9. The van der Waals surface area contributed by atoms with Gasteiger partial charge in [0.15, 0.2) is 5.78 Å². The van der Waals surface area contributed by atoms with Crippen molar-refractivity contribution in [1.29, 1.82) is 0 Å². The molecule has 0 spiro atoms. The van der Waals surface area contributed by atoms with Gasteiger partial charge in [0.1, 0.15) is 5.75 Å². The van der Waals surface area contributed by atoms with E-state index < -0.39 is 0 Å². The Hall–Kier alpha value is -1.61. The second-order valence-electron chi connectivity index (χ2n) is 5.14. The molecule has 0 radical (unpaired) electrons. The summed E-state index contributed by atoms with van der Waals surface area (Å²) in [5.74, 6) is 0.793. The van der Waals surface area contributed by atoms with E-state index in [4.69, 9.17) is 4.74 Å². The molecule has 2 aromatic rings. The summed E-state index contributed by atoms with van der Waals surface area (Å²) in [6, 6.07) is 9.81. The van der Waals surface area contributed by atoms with Gasteiger partial charge in [-0.2, -0.15) is 0 Å². The number of hydrogen-bond donors (Lipinski definition) is 0. The van der Waals surface area contributed by atoms with Gasteiger partial charge in [-0.25, -0.2) is 0 Å². The van der Waals surface area contributed by atoms with Crippen LogP contribution < -0.4 is 4.74 Å². The van der Waals surface area contributed by atoms with Gasteiger partial charge in [-0.15, -0.1) is 0 Å². The first-order chi connectivity index (χ1) is 9.58. The quantitative estimate of drug-likeness (QED) is 0.770. The minimum Gasteiger partial charge on any atom is -0.492 e. The predicted octanol–water partition coefficient (Wildman–Crippen LogP) is 4.23. The minimum absolute atomic E-state index is 0.0417. The average molecular weight is 331 g/mol. The topological polar surface area (TPSA) is 26.3 Å². The van der Waals surface area contributed by atoms with Crippen LogP contribution in [0, 0.1) is 13.8 Å². The highest BCUT2D eigenvalue weighted by Crippen LogP contribution is 2.35. The summed E-state index contributed by atoms with van der Waals surface area (Å²) in [6.07, 6.45) is 0.863. The van der Waals surface area contributed by atoms with Crippen molar-refractivity contribution in [3.8, 4) is 5.75 Å². The zero-order chi connectivity index (χ0) is 14.3. The molecule has 0 saturated carbocycles. The Morgan fingerprint density at radius 1 is 1.20 bits per heavy atom. The van der Waals surface area contributed by atoms with E-state index in [0.29, 0.717) is 12.2 Å². The number of benzene rings is 2. The molecule has 0 aromatic heterocycles. The molecule has 1 aliphatic rings. The highest BCUT2D eigenvalue weighted by atomic mass is 79.9. The first-order valence-electron chi connectivity index (χ1n) is 6.64. The molecule has 3 rings (SSSR count). The van der Waals surface area contributed by atoms with Gasteiger partial charge in [0.2, 0.25) is 0 Å². The highest BCUT2D eigenvalue weighted by molar-refractivity contribution is 9.10. The van der Waals surface area contributed by atoms with Gasteiger partial charge >= 0.3 is 0 Å². The Labute approximate surface area is 126 Å². The van der Waals surface area contributed by atoms with Crippen molar-refractivity contribution >= 4 is 21.7 Å². The van der Waals surface area contributed by atoms with E-state index in [1.165, 1.54) is 0 Å². The minimum atomic E-state index is 0.0417. The lowest BCUT2D eigenvalue weighted by Gasteiger charge is -2.12. The second kappa shape index (κ2) is 5.06. The fraction of sp³-hybridized carbons (Fsp3) is 0.235. The lowest BCUT2D eigenvalue weighted by atomic mass is 9.93. The number of fused-ring (bicyclic) bond motifs is 1. The zero-order valence-electron chi connectivity index (χ0n) is 11.5. The van der Waals surface area contributed by atoms with Crippen LogP contribution in [-0.2, 0) is 6.42 Å². The molecule has 1 aliphatic heterocycles. The first kappa shape index (κ1) is 13.4. The molecule has 0 unspecified atom stereocenters. The van der Waals surface area contributed by atoms with Crippen LogP contribution in [-0.4, -0.2) is 12.4 Å². The molecule has 0 bridgehead atoms. The van der Waals surface area contributed by atoms with E-state index in [9.17, 15) is 4.79 Å². The fourth-order valence-corrected chi connectivity index (χ4v) is 3.25. The zero-order valence-corrected chi connectivity index (χ0v) is 13.1. The fourth-order valence-electron chi connectivity index (χ4n) is 2.75. The first-order valence-corrected chi connectivity index (χ1v) is 7.43. The third kappa shape index (κ3) is 2.16. The monoisotopic (exact) mass is 330 g/mol. The molecule has 3 heteroatoms. The molecule has 0 N–H and O–H groups in total. The van der Waals surface area contributed by atoms with Crippen LogP contribution >= 0.6 is 15.9 Å². The summed E-state index contributed by atoms with van der Waals surface area (Å²) >= 11 is 3.49. The number of carbonyl (C=O) groups excluding carboxylic acids is 1. The van der Waals surface area contributed by atoms with Crippen molar-refractivity contribution in [2.24, 2.45) is 0 Å². The van der Waals surface area contributed by atoms with E-state index in [1.54, 1.807) is 0 Å². The van der Waals surface area contributed by atoms with Crippen molar-refractivity contribution in [3.05, 3.63) is 62.6 Å². The number of halogens is 1. The lowest BCUT2D eigenvalue weighted by molar-refractivity contribution is 0.103. The Balaban J connectivity index is 2.17. The molecule has 20 heavy (non-hydrogen) atoms. The van der Waals surface area contributed by atoms with E-state index in [2.05, 4.69) is 15.9 Å². The van der Waals surface area contributed by atoms with Crippen molar-refractivity contribution in [2.75, 3.05) is 6.61 Å². The Morgan fingerprint density at radius 2 is 1.90 bits per heavy atom. The number of rotatable bonds is 2. The summed E-state index contributed by atoms with van der Waals surface area (Å²) in [6.45, 7) is 4.59. The van der Waals surface area contributed by atoms with Crippen LogP contribution in [0.2, 0.25) is 0 Å². The van der Waals surface area contributed by atoms with Crippen LogP contribution in [0.25, 0.3) is 0 Å². The summed E-state index contributed by atoms with van der Waals surface area (Å²) in [5, 5.41) is 0. The molecule has 0 saturated heterocycles. The smallest absolute Gasteiger partial charge is 0.197 e. The maximum atomic E-state index is 12.9. The maximum Gasteiger partial charge on any atom is 0.197 e. The van der Waals surface area contributed by atoms with Crippen molar-refractivity contribution < 1.29 is 9.53 Å². The van der Waals surface area contributed by atoms with Crippen molar-refractivity contribution in [3.63, 3.8) is 0 Å². The van der Waals surface area contributed by atoms with E-state index in [-0.39, 0.29) is 5.78 Å². The molecular formula is C17H15BrO2. The van der Waals surface area contributed by atoms with Gasteiger partial charge in [0, 0.05) is 16.5 Å². The molecule has 0 aliphatic carbocycles. The van der Waals surface area contributed by atoms with Crippen LogP contribution in [0.4, 0.5) is 0 Å². The third-order valence-corrected chi connectivity index (χ3v) is 4.16. The molecule has 2 nitrogen and oxygen atoms in total. The number of hydrogen-bond acceptors (Lipinski definition) is 2. The van der Waals surface area contributed by atoms with Crippen LogP contribution in [0.3, 0.4) is 0 Å². The summed E-state index contributed by atoms with van der Waals surface area (Å²) in [5.41, 5.74) is 4.55. The molecule has 0 atom stereocenters. The van der Waals surface area contributed by atoms with Crippen LogP contribution in [0.15, 0.2) is 34.8 Å².